The van der Waals surface area contributed by atoms with Gasteiger partial charge in [-0.15, -0.1) is 0 Å². The number of fused-ring (bicyclic) bond motifs is 2. The van der Waals surface area contributed by atoms with Crippen LogP contribution in [0.1, 0.15) is 186 Å². The molecule has 0 unspecified atom stereocenters. The van der Waals surface area contributed by atoms with Crippen LogP contribution in [0.4, 0.5) is 16.2 Å². The number of rotatable bonds is 25. The number of carboxylic acids is 1. The van der Waals surface area contributed by atoms with Crippen molar-refractivity contribution in [1.82, 2.24) is 55.7 Å². The minimum atomic E-state index is -1.07. The zero-order chi connectivity index (χ0) is 80.1. The second-order valence-corrected chi connectivity index (χ2v) is 31.0. The third-order valence-electron chi connectivity index (χ3n) is 21.8. The lowest BCUT2D eigenvalue weighted by Crippen LogP contribution is -2.42. The van der Waals surface area contributed by atoms with Gasteiger partial charge >= 0.3 is 12.1 Å². The van der Waals surface area contributed by atoms with Crippen molar-refractivity contribution in [2.75, 3.05) is 63.2 Å². The van der Waals surface area contributed by atoms with E-state index in [1.54, 1.807) is 36.4 Å². The maximum absolute atomic E-state index is 13.6. The normalized spacial score (nSPS) is 15.1. The molecule has 4 fully saturated rings. The largest absolute Gasteiger partial charge is 0.478 e. The number of pyridine rings is 2. The van der Waals surface area contributed by atoms with E-state index in [2.05, 4.69) is 141 Å². The Morgan fingerprint density at radius 3 is 1.33 bits per heavy atom. The summed E-state index contributed by atoms with van der Waals surface area (Å²) in [5, 5.41) is 40.2. The Morgan fingerprint density at radius 1 is 0.509 bits per heavy atom. The minimum absolute atomic E-state index is 0.0776. The van der Waals surface area contributed by atoms with Crippen LogP contribution in [0.15, 0.2) is 158 Å². The summed E-state index contributed by atoms with van der Waals surface area (Å²) >= 11 is 0. The molecule has 4 aromatic heterocycles. The van der Waals surface area contributed by atoms with Crippen LogP contribution in [0.5, 0.6) is 0 Å². The fourth-order valence-electron chi connectivity index (χ4n) is 15.5. The van der Waals surface area contributed by atoms with Crippen molar-refractivity contribution >= 4 is 63.2 Å². The van der Waals surface area contributed by atoms with Gasteiger partial charge in [-0.1, -0.05) is 111 Å². The number of carbonyl (C=O) groups excluding carboxylic acids is 4. The molecule has 4 aliphatic rings. The van der Waals surface area contributed by atoms with Crippen LogP contribution in [0.2, 0.25) is 0 Å². The summed E-state index contributed by atoms with van der Waals surface area (Å²) in [6.07, 6.45) is 15.2. The number of aryl methyl sites for hydroxylation is 4. The van der Waals surface area contributed by atoms with E-state index in [4.69, 9.17) is 29.9 Å². The number of amides is 4. The third kappa shape index (κ3) is 21.9. The topological polar surface area (TPSA) is 296 Å². The summed E-state index contributed by atoms with van der Waals surface area (Å²) in [4.78, 5) is 74.9. The molecule has 0 aliphatic carbocycles. The van der Waals surface area contributed by atoms with E-state index in [9.17, 15) is 29.1 Å². The molecule has 23 heteroatoms. The second-order valence-electron chi connectivity index (χ2n) is 31.0. The molecule has 0 saturated carbocycles. The number of nitrogens with one attached hydrogen (secondary N) is 6. The summed E-state index contributed by atoms with van der Waals surface area (Å²) in [7, 11) is 0. The van der Waals surface area contributed by atoms with E-state index < -0.39 is 11.6 Å². The molecule has 4 amide bonds. The number of piperidine rings is 2. The number of benzene rings is 6. The molecular weight excluding hydrogens is 1430 g/mol. The quantitative estimate of drug-likeness (QED) is 0.0264. The average Bonchev–Trinajstić information content (AvgIpc) is 1.61. The van der Waals surface area contributed by atoms with Crippen LogP contribution in [0.3, 0.4) is 0 Å². The lowest BCUT2D eigenvalue weighted by Gasteiger charge is -2.33. The van der Waals surface area contributed by atoms with Crippen molar-refractivity contribution in [2.24, 2.45) is 17.6 Å². The molecule has 10 aromatic rings. The van der Waals surface area contributed by atoms with Crippen molar-refractivity contribution in [3.63, 3.8) is 0 Å². The van der Waals surface area contributed by atoms with Crippen LogP contribution in [0, 0.1) is 11.8 Å². The van der Waals surface area contributed by atoms with Gasteiger partial charge in [0.05, 0.1) is 40.1 Å². The highest BCUT2D eigenvalue weighted by atomic mass is 16.6. The molecular formula is C91H112N14O9. The lowest BCUT2D eigenvalue weighted by molar-refractivity contribution is 0.0183. The first-order valence-electron chi connectivity index (χ1n) is 40.8. The first kappa shape index (κ1) is 82.6. The lowest BCUT2D eigenvalue weighted by atomic mass is 9.89. The van der Waals surface area contributed by atoms with Crippen molar-refractivity contribution in [3.05, 3.63) is 225 Å². The van der Waals surface area contributed by atoms with Gasteiger partial charge < -0.3 is 61.9 Å². The number of likely N-dealkylation sites (tertiary alicyclic amines) is 1. The Kier molecular flexibility index (Phi) is 28.8. The van der Waals surface area contributed by atoms with Crippen LogP contribution in [-0.2, 0) is 79.2 Å². The molecule has 114 heavy (non-hydrogen) atoms. The molecule has 0 atom stereocenters. The van der Waals surface area contributed by atoms with Gasteiger partial charge in [-0.3, -0.25) is 14.4 Å². The molecule has 600 valence electrons. The standard InChI is InChI=1S/C43H51N7O3.C24H29N5O4.C24H32N2O2/c1-3-39-37(40(48-36-16-20-53-21-17-36)38-28-47-50(4-2)41(38)49-39)27-46-43(52)35-13-7-12-34(25-35)42(51)45-26-31-9-6-11-33(24-31)32-10-5-8-30(23-32)22-29-14-18-44-19-15-29;1-3-20-18(13-25-23(30)15-6-5-7-16(12-15)24(31)32)21(27-17-8-10-33-11-9-17)19-14-26-29(4-2)22(19)28-20;1-24(2,3)28-23(27)26-12-10-18(11-13-26)14-19-6-4-8-21(15-19)22-9-5-7-20(16-22)17-25/h5-13,23-25,28-29,36,44H,3-4,14-22,26-27H2,1-2H3,(H,45,51)(H,46,52)(H,48,49);5-7,12,14,17H,3-4,8-11,13H2,1-2H3,(H,25,30)(H,27,28)(H,31,32);4-9,15-16,18H,10-14,17,25H2,1-3H3. The van der Waals surface area contributed by atoms with Crippen LogP contribution >= 0.6 is 0 Å². The molecule has 23 nitrogen and oxygen atoms in total. The molecule has 0 radical (unpaired) electrons. The van der Waals surface area contributed by atoms with E-state index in [0.717, 1.165) is 176 Å². The summed E-state index contributed by atoms with van der Waals surface area (Å²) < 4.78 is 20.4. The molecule has 14 rings (SSSR count). The predicted octanol–water partition coefficient (Wildman–Crippen LogP) is 14.9. The number of hydrogen-bond acceptors (Lipinski definition) is 16. The average molecular weight is 1550 g/mol. The highest BCUT2D eigenvalue weighted by Crippen LogP contribution is 2.35. The molecule has 0 bridgehead atoms. The predicted molar refractivity (Wildman–Crippen MR) is 449 cm³/mol. The maximum atomic E-state index is 13.6. The summed E-state index contributed by atoms with van der Waals surface area (Å²) in [6.45, 7) is 23.5. The Morgan fingerprint density at radius 2 is 0.904 bits per heavy atom. The van der Waals surface area contributed by atoms with E-state index in [1.807, 2.05) is 73.4 Å². The van der Waals surface area contributed by atoms with Crippen molar-refractivity contribution in [2.45, 2.75) is 182 Å². The number of anilines is 2. The van der Waals surface area contributed by atoms with Crippen LogP contribution in [-0.4, -0.2) is 140 Å². The van der Waals surface area contributed by atoms with Gasteiger partial charge in [-0.25, -0.2) is 28.9 Å². The maximum Gasteiger partial charge on any atom is 0.410 e. The van der Waals surface area contributed by atoms with Crippen molar-refractivity contribution < 1.29 is 43.3 Å². The Bertz CT molecular complexity index is 4940. The first-order valence-corrected chi connectivity index (χ1v) is 40.8. The van der Waals surface area contributed by atoms with Gasteiger partial charge in [0.15, 0.2) is 11.3 Å². The van der Waals surface area contributed by atoms with E-state index in [0.29, 0.717) is 74.8 Å². The SMILES string of the molecule is CC(C)(C)OC(=O)N1CCC(Cc2cccc(-c3cccc(CN)c3)c2)CC1.CCc1nc2c(cnn2CC)c(NC2CCOCC2)c1CNC(=O)c1cccc(C(=O)NCc2cccc(-c3cccc(CC4CCNCC4)c3)c2)c1.CCc1nc2c(cnn2CC)c(NC2CCOCC2)c1CNC(=O)c1cccc(C(=O)O)c1. The number of aromatic nitrogens is 6. The number of carboxylic acid groups (broad SMARTS) is 1. The Balaban J connectivity index is 0.000000169. The number of carbonyl (C=O) groups is 5. The summed E-state index contributed by atoms with van der Waals surface area (Å²) in [6, 6.07) is 47.8. The van der Waals surface area contributed by atoms with Gasteiger partial charge in [-0.05, 0) is 230 Å². The number of ether oxygens (including phenoxy) is 3. The zero-order valence-corrected chi connectivity index (χ0v) is 67.1. The van der Waals surface area contributed by atoms with E-state index >= 15 is 0 Å². The zero-order valence-electron chi connectivity index (χ0n) is 67.1. The third-order valence-corrected chi connectivity index (χ3v) is 21.8. The van der Waals surface area contributed by atoms with E-state index in [1.165, 1.54) is 52.8 Å². The van der Waals surface area contributed by atoms with Crippen LogP contribution in [0.25, 0.3) is 44.3 Å². The molecule has 6 aromatic carbocycles. The fourth-order valence-corrected chi connectivity index (χ4v) is 15.5. The smallest absolute Gasteiger partial charge is 0.410 e. The minimum Gasteiger partial charge on any atom is -0.478 e. The monoisotopic (exact) mass is 1540 g/mol. The number of nitrogens with two attached hydrogens (primary N) is 1. The molecule has 8 heterocycles. The summed E-state index contributed by atoms with van der Waals surface area (Å²) in [5.74, 6) is -0.548. The van der Waals surface area contributed by atoms with Gasteiger partial charge in [0.2, 0.25) is 0 Å². The molecule has 9 N–H and O–H groups in total. The number of aromatic carboxylic acids is 1. The van der Waals surface area contributed by atoms with E-state index in [-0.39, 0.29) is 48.0 Å². The molecule has 4 aliphatic heterocycles. The van der Waals surface area contributed by atoms with Crippen LogP contribution < -0.4 is 37.6 Å². The fraction of sp³-hybridized carbons (Fsp3) is 0.418. The Hall–Kier alpha value is -10.8. The van der Waals surface area contributed by atoms with Crippen molar-refractivity contribution in [1.29, 1.82) is 0 Å². The Labute approximate surface area is 669 Å². The van der Waals surface area contributed by atoms with Gasteiger partial charge in [0.1, 0.15) is 5.60 Å². The molecule has 0 spiro atoms. The van der Waals surface area contributed by atoms with Crippen molar-refractivity contribution in [3.8, 4) is 22.3 Å². The second kappa shape index (κ2) is 39.7. The van der Waals surface area contributed by atoms with Gasteiger partial charge in [0, 0.05) is 130 Å². The number of hydrogen-bond donors (Lipinski definition) is 8. The van der Waals surface area contributed by atoms with Gasteiger partial charge in [-0.2, -0.15) is 10.2 Å². The highest BCUT2D eigenvalue weighted by Gasteiger charge is 2.29. The number of nitrogens with zero attached hydrogens (tertiary/aromatic N) is 7. The summed E-state index contributed by atoms with van der Waals surface area (Å²) in [5.41, 5.74) is 23.5. The van der Waals surface area contributed by atoms with Gasteiger partial charge in [0.25, 0.3) is 17.7 Å². The molecule has 4 saturated heterocycles. The first-order chi connectivity index (χ1) is 55.3. The highest BCUT2D eigenvalue weighted by molar-refractivity contribution is 6.01.